The zero-order valence-electron chi connectivity index (χ0n) is 16.0. The van der Waals surface area contributed by atoms with E-state index in [1.807, 2.05) is 24.3 Å². The number of sulfone groups is 1. The highest BCUT2D eigenvalue weighted by Gasteiger charge is 2.37. The summed E-state index contributed by atoms with van der Waals surface area (Å²) in [5, 5.41) is 8.82. The smallest absolute Gasteiger partial charge is 0.181 e. The SMILES string of the molecule is O=S(=O)(c1ccc(C(OC2CCOCC2)c2cc3ccnnc3[nH]2)cc1)C1CC1. The zero-order valence-corrected chi connectivity index (χ0v) is 16.8. The number of benzene rings is 1. The third-order valence-corrected chi connectivity index (χ3v) is 7.86. The fraction of sp³-hybridized carbons (Fsp3) is 0.429. The van der Waals surface area contributed by atoms with E-state index < -0.39 is 9.84 Å². The van der Waals surface area contributed by atoms with Crippen molar-refractivity contribution in [3.05, 3.63) is 53.9 Å². The maximum atomic E-state index is 12.5. The van der Waals surface area contributed by atoms with Crippen molar-refractivity contribution < 1.29 is 17.9 Å². The molecule has 0 spiro atoms. The van der Waals surface area contributed by atoms with Gasteiger partial charge in [0.1, 0.15) is 6.10 Å². The lowest BCUT2D eigenvalue weighted by Gasteiger charge is -2.27. The van der Waals surface area contributed by atoms with Gasteiger partial charge in [0, 0.05) is 18.6 Å². The van der Waals surface area contributed by atoms with Crippen LogP contribution in [0.25, 0.3) is 11.0 Å². The lowest BCUT2D eigenvalue weighted by molar-refractivity contribution is -0.0577. The fourth-order valence-corrected chi connectivity index (χ4v) is 5.43. The van der Waals surface area contributed by atoms with E-state index in [-0.39, 0.29) is 17.5 Å². The lowest BCUT2D eigenvalue weighted by atomic mass is 10.0. The molecule has 2 aliphatic rings. The van der Waals surface area contributed by atoms with E-state index in [4.69, 9.17) is 9.47 Å². The molecular formula is C21H23N3O4S. The Kier molecular flexibility index (Phi) is 4.85. The van der Waals surface area contributed by atoms with Crippen molar-refractivity contribution in [2.24, 2.45) is 0 Å². The molecular weight excluding hydrogens is 390 g/mol. The molecule has 3 aromatic rings. The van der Waals surface area contributed by atoms with Gasteiger partial charge in [0.25, 0.3) is 0 Å². The summed E-state index contributed by atoms with van der Waals surface area (Å²) in [7, 11) is -3.20. The number of nitrogens with one attached hydrogen (secondary N) is 1. The van der Waals surface area contributed by atoms with Gasteiger partial charge in [-0.1, -0.05) is 12.1 Å². The Morgan fingerprint density at radius 2 is 1.83 bits per heavy atom. The summed E-state index contributed by atoms with van der Waals surface area (Å²) in [4.78, 5) is 3.69. The van der Waals surface area contributed by atoms with Crippen LogP contribution in [0.15, 0.2) is 47.5 Å². The standard InChI is InChI=1S/C21H23N3O4S/c25-29(26,18-5-6-18)17-3-1-14(2-4-17)20(28-16-8-11-27-12-9-16)19-13-15-7-10-22-24-21(15)23-19/h1-4,7,10,13,16,18,20H,5-6,8-9,11-12H2,(H,23,24). The molecule has 1 aromatic carbocycles. The van der Waals surface area contributed by atoms with Gasteiger partial charge in [0.05, 0.1) is 28.1 Å². The number of rotatable bonds is 6. The third kappa shape index (κ3) is 3.80. The highest BCUT2D eigenvalue weighted by atomic mass is 32.2. The van der Waals surface area contributed by atoms with Crippen LogP contribution in [0, 0.1) is 0 Å². The van der Waals surface area contributed by atoms with Crippen molar-refractivity contribution in [1.29, 1.82) is 0 Å². The Balaban J connectivity index is 1.48. The molecule has 1 N–H and O–H groups in total. The van der Waals surface area contributed by atoms with Crippen LogP contribution < -0.4 is 0 Å². The molecule has 1 aliphatic heterocycles. The van der Waals surface area contributed by atoms with Gasteiger partial charge in [-0.3, -0.25) is 0 Å². The zero-order chi connectivity index (χ0) is 19.8. The van der Waals surface area contributed by atoms with Crippen LogP contribution in [0.4, 0.5) is 0 Å². The van der Waals surface area contributed by atoms with Crippen LogP contribution in [-0.2, 0) is 19.3 Å². The van der Waals surface area contributed by atoms with Crippen molar-refractivity contribution in [2.45, 2.75) is 48.0 Å². The van der Waals surface area contributed by atoms with Crippen molar-refractivity contribution >= 4 is 20.9 Å². The molecule has 152 valence electrons. The molecule has 1 saturated heterocycles. The van der Waals surface area contributed by atoms with E-state index in [9.17, 15) is 8.42 Å². The Labute approximate surface area is 169 Å². The minimum absolute atomic E-state index is 0.0844. The Bertz CT molecular complexity index is 1070. The molecule has 0 amide bonds. The van der Waals surface area contributed by atoms with Gasteiger partial charge in [-0.05, 0) is 55.5 Å². The van der Waals surface area contributed by atoms with Crippen LogP contribution in [0.1, 0.15) is 43.0 Å². The van der Waals surface area contributed by atoms with Crippen molar-refractivity contribution in [3.8, 4) is 0 Å². The largest absolute Gasteiger partial charge is 0.381 e. The summed E-state index contributed by atoms with van der Waals surface area (Å²) in [6.07, 6.45) is 4.60. The predicted octanol–water partition coefficient (Wildman–Crippen LogP) is 3.18. The topological polar surface area (TPSA) is 94.2 Å². The highest BCUT2D eigenvalue weighted by Crippen LogP contribution is 2.35. The molecule has 1 unspecified atom stereocenters. The second-order valence-electron chi connectivity index (χ2n) is 7.70. The molecule has 0 radical (unpaired) electrons. The van der Waals surface area contributed by atoms with Crippen molar-refractivity contribution in [3.63, 3.8) is 0 Å². The number of aromatic amines is 1. The second-order valence-corrected chi connectivity index (χ2v) is 9.93. The van der Waals surface area contributed by atoms with E-state index in [0.717, 1.165) is 42.3 Å². The number of fused-ring (bicyclic) bond motifs is 1. The van der Waals surface area contributed by atoms with Crippen LogP contribution in [-0.4, -0.2) is 48.2 Å². The first kappa shape index (κ1) is 18.7. The van der Waals surface area contributed by atoms with Crippen LogP contribution >= 0.6 is 0 Å². The monoisotopic (exact) mass is 413 g/mol. The molecule has 1 saturated carbocycles. The number of ether oxygens (including phenoxy) is 2. The van der Waals surface area contributed by atoms with Gasteiger partial charge in [-0.25, -0.2) is 8.42 Å². The van der Waals surface area contributed by atoms with Crippen LogP contribution in [0.5, 0.6) is 0 Å². The van der Waals surface area contributed by atoms with E-state index in [2.05, 4.69) is 15.2 Å². The summed E-state index contributed by atoms with van der Waals surface area (Å²) in [5.41, 5.74) is 2.49. The Morgan fingerprint density at radius 3 is 2.52 bits per heavy atom. The molecule has 1 atom stereocenters. The summed E-state index contributed by atoms with van der Waals surface area (Å²) >= 11 is 0. The molecule has 5 rings (SSSR count). The van der Waals surface area contributed by atoms with Crippen LogP contribution in [0.2, 0.25) is 0 Å². The maximum Gasteiger partial charge on any atom is 0.181 e. The first-order valence-corrected chi connectivity index (χ1v) is 11.5. The number of H-pyrrole nitrogens is 1. The molecule has 0 bridgehead atoms. The van der Waals surface area contributed by atoms with E-state index in [1.54, 1.807) is 18.3 Å². The number of hydrogen-bond acceptors (Lipinski definition) is 6. The summed E-state index contributed by atoms with van der Waals surface area (Å²) < 4.78 is 36.9. The average Bonchev–Trinajstić information content (AvgIpc) is 3.53. The molecule has 2 fully saturated rings. The van der Waals surface area contributed by atoms with Gasteiger partial charge in [0.2, 0.25) is 0 Å². The average molecular weight is 413 g/mol. The Hall–Kier alpha value is -2.29. The number of hydrogen-bond donors (Lipinski definition) is 1. The number of aromatic nitrogens is 3. The molecule has 3 heterocycles. The minimum atomic E-state index is -3.20. The molecule has 1 aliphatic carbocycles. The fourth-order valence-electron chi connectivity index (χ4n) is 3.78. The van der Waals surface area contributed by atoms with Gasteiger partial charge >= 0.3 is 0 Å². The first-order chi connectivity index (χ1) is 14.1. The quantitative estimate of drug-likeness (QED) is 0.667. The van der Waals surface area contributed by atoms with E-state index in [0.29, 0.717) is 23.8 Å². The maximum absolute atomic E-state index is 12.5. The van der Waals surface area contributed by atoms with Gasteiger partial charge in [-0.2, -0.15) is 5.10 Å². The van der Waals surface area contributed by atoms with Gasteiger partial charge < -0.3 is 14.5 Å². The predicted molar refractivity (Wildman–Crippen MR) is 107 cm³/mol. The second kappa shape index (κ2) is 7.51. The van der Waals surface area contributed by atoms with Crippen LogP contribution in [0.3, 0.4) is 0 Å². The highest BCUT2D eigenvalue weighted by molar-refractivity contribution is 7.92. The van der Waals surface area contributed by atoms with Gasteiger partial charge in [0.15, 0.2) is 15.5 Å². The molecule has 8 heteroatoms. The van der Waals surface area contributed by atoms with E-state index >= 15 is 0 Å². The lowest BCUT2D eigenvalue weighted by Crippen LogP contribution is -2.25. The van der Waals surface area contributed by atoms with E-state index in [1.165, 1.54) is 0 Å². The number of nitrogens with zero attached hydrogens (tertiary/aromatic N) is 2. The Morgan fingerprint density at radius 1 is 1.07 bits per heavy atom. The summed E-state index contributed by atoms with van der Waals surface area (Å²) in [6, 6.07) is 11.0. The normalized spacial score (nSPS) is 19.4. The molecule has 2 aromatic heterocycles. The molecule has 7 nitrogen and oxygen atoms in total. The van der Waals surface area contributed by atoms with Crippen molar-refractivity contribution in [2.75, 3.05) is 13.2 Å². The van der Waals surface area contributed by atoms with Crippen molar-refractivity contribution in [1.82, 2.24) is 15.2 Å². The molecule has 29 heavy (non-hydrogen) atoms. The minimum Gasteiger partial charge on any atom is -0.381 e. The summed E-state index contributed by atoms with van der Waals surface area (Å²) in [6.45, 7) is 1.38. The first-order valence-electron chi connectivity index (χ1n) is 9.98. The summed E-state index contributed by atoms with van der Waals surface area (Å²) in [5.74, 6) is 0. The third-order valence-electron chi connectivity index (χ3n) is 5.58. The van der Waals surface area contributed by atoms with Gasteiger partial charge in [-0.15, -0.1) is 5.10 Å².